The van der Waals surface area contributed by atoms with Gasteiger partial charge in [0.05, 0.1) is 18.2 Å². The van der Waals surface area contributed by atoms with Gasteiger partial charge < -0.3 is 15.2 Å². The number of rotatable bonds is 2. The molecule has 0 saturated carbocycles. The van der Waals surface area contributed by atoms with Crippen LogP contribution in [0.15, 0.2) is 30.7 Å². The Labute approximate surface area is 86.5 Å². The predicted molar refractivity (Wildman–Crippen MR) is 57.3 cm³/mol. The highest BCUT2D eigenvalue weighted by Gasteiger charge is 1.97. The molecule has 0 bridgehead atoms. The smallest absolute Gasteiger partial charge is 0.157 e. The molecule has 76 valence electrons. The maximum Gasteiger partial charge on any atom is 0.157 e. The summed E-state index contributed by atoms with van der Waals surface area (Å²) in [5, 5.41) is 18.4. The van der Waals surface area contributed by atoms with Crippen LogP contribution in [0.4, 0.5) is 0 Å². The molecule has 0 radical (unpaired) electrons. The molecule has 0 aliphatic carbocycles. The van der Waals surface area contributed by atoms with Gasteiger partial charge in [0, 0.05) is 0 Å². The monoisotopic (exact) mass is 202 g/mol. The zero-order valence-electron chi connectivity index (χ0n) is 7.88. The Hall–Kier alpha value is -2.23. The summed E-state index contributed by atoms with van der Waals surface area (Å²) in [5.41, 5.74) is 1.68. The van der Waals surface area contributed by atoms with E-state index in [1.54, 1.807) is 18.6 Å². The van der Waals surface area contributed by atoms with Crippen molar-refractivity contribution >= 4 is 12.2 Å². The second kappa shape index (κ2) is 3.88. The molecule has 1 aromatic heterocycles. The number of benzene rings is 1. The lowest BCUT2D eigenvalue weighted by atomic mass is 10.2. The van der Waals surface area contributed by atoms with Crippen molar-refractivity contribution < 1.29 is 10.2 Å². The van der Waals surface area contributed by atoms with E-state index >= 15 is 0 Å². The van der Waals surface area contributed by atoms with E-state index in [4.69, 9.17) is 5.11 Å². The average molecular weight is 202 g/mol. The second-order valence-corrected chi connectivity index (χ2v) is 3.09. The van der Waals surface area contributed by atoms with E-state index in [0.29, 0.717) is 0 Å². The van der Waals surface area contributed by atoms with Crippen molar-refractivity contribution in [3.63, 3.8) is 0 Å². The van der Waals surface area contributed by atoms with E-state index in [1.165, 1.54) is 12.1 Å². The average Bonchev–Trinajstić information content (AvgIpc) is 2.73. The summed E-state index contributed by atoms with van der Waals surface area (Å²) in [6, 6.07) is 4.64. The molecule has 0 aliphatic rings. The van der Waals surface area contributed by atoms with E-state index < -0.39 is 0 Å². The molecule has 0 fully saturated rings. The van der Waals surface area contributed by atoms with Crippen LogP contribution < -0.4 is 0 Å². The Morgan fingerprint density at radius 3 is 2.67 bits per heavy atom. The third-order valence-corrected chi connectivity index (χ3v) is 1.97. The molecule has 4 nitrogen and oxygen atoms in total. The first-order chi connectivity index (χ1) is 7.25. The van der Waals surface area contributed by atoms with Crippen molar-refractivity contribution in [2.75, 3.05) is 0 Å². The maximum absolute atomic E-state index is 9.25. The number of hydrogen-bond acceptors (Lipinski definition) is 3. The molecule has 15 heavy (non-hydrogen) atoms. The maximum atomic E-state index is 9.25. The van der Waals surface area contributed by atoms with Gasteiger partial charge in [0.15, 0.2) is 11.5 Å². The number of hydrogen-bond donors (Lipinski definition) is 3. The number of aromatic amines is 1. The number of phenolic OH excluding ortho intramolecular Hbond substituents is 2. The summed E-state index contributed by atoms with van der Waals surface area (Å²) in [6.45, 7) is 0. The van der Waals surface area contributed by atoms with Crippen LogP contribution in [-0.4, -0.2) is 20.2 Å². The Kier molecular flexibility index (Phi) is 2.41. The summed E-state index contributed by atoms with van der Waals surface area (Å²) in [6.07, 6.45) is 6.93. The van der Waals surface area contributed by atoms with Crippen LogP contribution in [0.2, 0.25) is 0 Å². The molecule has 0 saturated heterocycles. The minimum atomic E-state index is -0.123. The van der Waals surface area contributed by atoms with Crippen molar-refractivity contribution in [1.29, 1.82) is 0 Å². The number of H-pyrrole nitrogens is 1. The first-order valence-corrected chi connectivity index (χ1v) is 4.44. The van der Waals surface area contributed by atoms with Gasteiger partial charge in [-0.2, -0.15) is 0 Å². The molecule has 4 heteroatoms. The van der Waals surface area contributed by atoms with Crippen molar-refractivity contribution in [2.24, 2.45) is 0 Å². The molecule has 0 amide bonds. The van der Waals surface area contributed by atoms with Crippen molar-refractivity contribution in [3.8, 4) is 11.5 Å². The van der Waals surface area contributed by atoms with Gasteiger partial charge >= 0.3 is 0 Å². The van der Waals surface area contributed by atoms with E-state index in [0.717, 1.165) is 11.3 Å². The standard InChI is InChI=1S/C11H10N2O2/c14-10-4-2-8(5-11(10)15)1-3-9-6-12-7-13-9/h1-7,14-15H,(H,12,13). The van der Waals surface area contributed by atoms with E-state index in [-0.39, 0.29) is 11.5 Å². The highest BCUT2D eigenvalue weighted by Crippen LogP contribution is 2.25. The van der Waals surface area contributed by atoms with E-state index in [1.807, 2.05) is 12.2 Å². The van der Waals surface area contributed by atoms with Crippen LogP contribution in [0.5, 0.6) is 11.5 Å². The van der Waals surface area contributed by atoms with Gasteiger partial charge in [0.25, 0.3) is 0 Å². The molecular formula is C11H10N2O2. The Morgan fingerprint density at radius 1 is 1.13 bits per heavy atom. The first-order valence-electron chi connectivity index (χ1n) is 4.44. The highest BCUT2D eigenvalue weighted by atomic mass is 16.3. The Balaban J connectivity index is 2.21. The third-order valence-electron chi connectivity index (χ3n) is 1.97. The summed E-state index contributed by atoms with van der Waals surface area (Å²) in [4.78, 5) is 6.79. The van der Waals surface area contributed by atoms with E-state index in [9.17, 15) is 5.11 Å². The second-order valence-electron chi connectivity index (χ2n) is 3.09. The lowest BCUT2D eigenvalue weighted by Gasteiger charge is -1.97. The third kappa shape index (κ3) is 2.17. The van der Waals surface area contributed by atoms with Crippen LogP contribution in [-0.2, 0) is 0 Å². The highest BCUT2D eigenvalue weighted by molar-refractivity contribution is 5.69. The van der Waals surface area contributed by atoms with Gasteiger partial charge in [0.2, 0.25) is 0 Å². The molecule has 2 aromatic rings. The van der Waals surface area contributed by atoms with Crippen molar-refractivity contribution in [1.82, 2.24) is 9.97 Å². The fraction of sp³-hybridized carbons (Fsp3) is 0. The Morgan fingerprint density at radius 2 is 2.00 bits per heavy atom. The molecular weight excluding hydrogens is 192 g/mol. The number of phenols is 2. The fourth-order valence-electron chi connectivity index (χ4n) is 1.19. The number of nitrogens with zero attached hydrogens (tertiary/aromatic N) is 1. The fourth-order valence-corrected chi connectivity index (χ4v) is 1.19. The summed E-state index contributed by atoms with van der Waals surface area (Å²) >= 11 is 0. The topological polar surface area (TPSA) is 69.1 Å². The molecule has 0 aliphatic heterocycles. The zero-order chi connectivity index (χ0) is 10.7. The van der Waals surface area contributed by atoms with Gasteiger partial charge in [-0.3, -0.25) is 0 Å². The van der Waals surface area contributed by atoms with Gasteiger partial charge in [-0.25, -0.2) is 4.98 Å². The SMILES string of the molecule is Oc1ccc(C=Cc2cnc[nH]2)cc1O. The normalized spacial score (nSPS) is 10.9. The first kappa shape index (κ1) is 9.33. The van der Waals surface area contributed by atoms with E-state index in [2.05, 4.69) is 9.97 Å². The van der Waals surface area contributed by atoms with Crippen LogP contribution in [0.3, 0.4) is 0 Å². The van der Waals surface area contributed by atoms with Crippen molar-refractivity contribution in [2.45, 2.75) is 0 Å². The quantitative estimate of drug-likeness (QED) is 0.652. The molecule has 1 aromatic carbocycles. The number of imidazole rings is 1. The number of nitrogens with one attached hydrogen (secondary N) is 1. The molecule has 2 rings (SSSR count). The molecule has 1 heterocycles. The minimum absolute atomic E-state index is 0.117. The van der Waals surface area contributed by atoms with Crippen molar-refractivity contribution in [3.05, 3.63) is 42.0 Å². The van der Waals surface area contributed by atoms with Gasteiger partial charge in [0.1, 0.15) is 0 Å². The van der Waals surface area contributed by atoms with Crippen LogP contribution >= 0.6 is 0 Å². The van der Waals surface area contributed by atoms with Gasteiger partial charge in [-0.15, -0.1) is 0 Å². The predicted octanol–water partition coefficient (Wildman–Crippen LogP) is 1.99. The zero-order valence-corrected chi connectivity index (χ0v) is 7.88. The molecule has 0 atom stereocenters. The van der Waals surface area contributed by atoms with Crippen LogP contribution in [0.1, 0.15) is 11.3 Å². The molecule has 0 unspecified atom stereocenters. The molecule has 0 spiro atoms. The number of aromatic nitrogens is 2. The van der Waals surface area contributed by atoms with Crippen LogP contribution in [0.25, 0.3) is 12.2 Å². The van der Waals surface area contributed by atoms with Crippen LogP contribution in [0, 0.1) is 0 Å². The minimum Gasteiger partial charge on any atom is -0.504 e. The summed E-state index contributed by atoms with van der Waals surface area (Å²) in [5.74, 6) is -0.240. The lowest BCUT2D eigenvalue weighted by molar-refractivity contribution is 0.403. The molecule has 3 N–H and O–H groups in total. The van der Waals surface area contributed by atoms with Gasteiger partial charge in [-0.05, 0) is 23.8 Å². The Bertz CT molecular complexity index is 475. The van der Waals surface area contributed by atoms with Gasteiger partial charge in [-0.1, -0.05) is 12.1 Å². The lowest BCUT2D eigenvalue weighted by Crippen LogP contribution is -1.73. The largest absolute Gasteiger partial charge is 0.504 e. The number of aromatic hydroxyl groups is 2. The summed E-state index contributed by atoms with van der Waals surface area (Å²) in [7, 11) is 0. The summed E-state index contributed by atoms with van der Waals surface area (Å²) < 4.78 is 0.